The van der Waals surface area contributed by atoms with Crippen molar-refractivity contribution >= 4 is 15.7 Å². The third kappa shape index (κ3) is 4.46. The number of nitro groups is 1. The first-order valence-corrected chi connectivity index (χ1v) is 7.48. The molecule has 0 spiro atoms. The Morgan fingerprint density at radius 2 is 1.95 bits per heavy atom. The van der Waals surface area contributed by atoms with Crippen molar-refractivity contribution in [1.82, 2.24) is 4.72 Å². The number of nitrogens with one attached hydrogen (secondary N) is 1. The van der Waals surface area contributed by atoms with Crippen LogP contribution in [0.2, 0.25) is 0 Å². The first-order valence-electron chi connectivity index (χ1n) is 6.00. The van der Waals surface area contributed by atoms with Gasteiger partial charge in [0, 0.05) is 12.6 Å². The van der Waals surface area contributed by atoms with E-state index in [9.17, 15) is 23.6 Å². The summed E-state index contributed by atoms with van der Waals surface area (Å²) in [4.78, 5) is 9.61. The highest BCUT2D eigenvalue weighted by molar-refractivity contribution is 7.89. The fourth-order valence-corrected chi connectivity index (χ4v) is 2.51. The zero-order valence-corrected chi connectivity index (χ0v) is 12.4. The zero-order chi connectivity index (χ0) is 15.6. The van der Waals surface area contributed by atoms with Gasteiger partial charge in [-0.2, -0.15) is 0 Å². The maximum absolute atomic E-state index is 12.0. The van der Waals surface area contributed by atoms with Crippen LogP contribution in [0.4, 0.5) is 5.69 Å². The molecule has 0 aliphatic heterocycles. The largest absolute Gasteiger partial charge is 0.502 e. The second kappa shape index (κ2) is 5.76. The van der Waals surface area contributed by atoms with Crippen LogP contribution in [-0.4, -0.2) is 25.0 Å². The van der Waals surface area contributed by atoms with Gasteiger partial charge in [0.05, 0.1) is 9.82 Å². The van der Waals surface area contributed by atoms with Gasteiger partial charge in [0.15, 0.2) is 5.75 Å². The number of benzene rings is 1. The molecule has 0 radical (unpaired) electrons. The van der Waals surface area contributed by atoms with Crippen LogP contribution in [-0.2, 0) is 10.0 Å². The van der Waals surface area contributed by atoms with Gasteiger partial charge in [0.25, 0.3) is 0 Å². The van der Waals surface area contributed by atoms with Crippen LogP contribution in [0.3, 0.4) is 0 Å². The van der Waals surface area contributed by atoms with Crippen molar-refractivity contribution in [3.05, 3.63) is 28.3 Å². The fourth-order valence-electron chi connectivity index (χ4n) is 1.46. The Morgan fingerprint density at radius 1 is 1.35 bits per heavy atom. The smallest absolute Gasteiger partial charge is 0.312 e. The molecule has 8 heteroatoms. The molecule has 1 rings (SSSR count). The van der Waals surface area contributed by atoms with Gasteiger partial charge in [-0.1, -0.05) is 20.8 Å². The predicted octanol–water partition coefficient (Wildman–Crippen LogP) is 2.01. The molecule has 0 unspecified atom stereocenters. The first-order chi connectivity index (χ1) is 9.03. The molecule has 112 valence electrons. The molecule has 0 bridgehead atoms. The molecule has 0 heterocycles. The molecule has 1 aromatic carbocycles. The highest BCUT2D eigenvalue weighted by atomic mass is 32.2. The minimum absolute atomic E-state index is 0.0243. The monoisotopic (exact) mass is 302 g/mol. The lowest BCUT2D eigenvalue weighted by molar-refractivity contribution is -0.386. The molecule has 0 saturated heterocycles. The van der Waals surface area contributed by atoms with Crippen molar-refractivity contribution in [1.29, 1.82) is 0 Å². The van der Waals surface area contributed by atoms with Gasteiger partial charge in [-0.15, -0.1) is 0 Å². The predicted molar refractivity (Wildman–Crippen MR) is 74.0 cm³/mol. The number of hydrogen-bond donors (Lipinski definition) is 2. The SMILES string of the molecule is CC(C)(C)CCNS(=O)(=O)c1ccc(O)c([N+](=O)[O-])c1. The average Bonchev–Trinajstić information content (AvgIpc) is 2.26. The van der Waals surface area contributed by atoms with E-state index in [1.54, 1.807) is 0 Å². The second-order valence-corrected chi connectivity index (χ2v) is 7.38. The Kier molecular flexibility index (Phi) is 4.72. The number of nitro benzene ring substituents is 1. The van der Waals surface area contributed by atoms with Gasteiger partial charge in [-0.3, -0.25) is 10.1 Å². The van der Waals surface area contributed by atoms with Crippen LogP contribution in [0.25, 0.3) is 0 Å². The Morgan fingerprint density at radius 3 is 2.45 bits per heavy atom. The van der Waals surface area contributed by atoms with Gasteiger partial charge in [0.1, 0.15) is 0 Å². The lowest BCUT2D eigenvalue weighted by atomic mass is 9.93. The maximum atomic E-state index is 12.0. The third-order valence-corrected chi connectivity index (χ3v) is 4.08. The number of nitrogens with zero attached hydrogens (tertiary/aromatic N) is 1. The van der Waals surface area contributed by atoms with Crippen LogP contribution in [0.15, 0.2) is 23.1 Å². The molecule has 0 aliphatic carbocycles. The van der Waals surface area contributed by atoms with Gasteiger partial charge in [-0.05, 0) is 24.0 Å². The third-order valence-electron chi connectivity index (χ3n) is 2.62. The summed E-state index contributed by atoms with van der Waals surface area (Å²) in [5, 5.41) is 20.0. The van der Waals surface area contributed by atoms with Crippen molar-refractivity contribution in [3.8, 4) is 5.75 Å². The highest BCUT2D eigenvalue weighted by Crippen LogP contribution is 2.28. The van der Waals surface area contributed by atoms with Crippen LogP contribution >= 0.6 is 0 Å². The average molecular weight is 302 g/mol. The van der Waals surface area contributed by atoms with E-state index in [0.29, 0.717) is 6.42 Å². The van der Waals surface area contributed by atoms with Crippen molar-refractivity contribution in [3.63, 3.8) is 0 Å². The van der Waals surface area contributed by atoms with Crippen LogP contribution in [0, 0.1) is 15.5 Å². The van der Waals surface area contributed by atoms with Gasteiger partial charge < -0.3 is 5.11 Å². The van der Waals surface area contributed by atoms with Crippen molar-refractivity contribution in [2.75, 3.05) is 6.54 Å². The van der Waals surface area contributed by atoms with E-state index in [-0.39, 0.29) is 16.9 Å². The summed E-state index contributed by atoms with van der Waals surface area (Å²) < 4.78 is 26.4. The lowest BCUT2D eigenvalue weighted by Gasteiger charge is -2.18. The van der Waals surface area contributed by atoms with Gasteiger partial charge >= 0.3 is 5.69 Å². The summed E-state index contributed by atoms with van der Waals surface area (Å²) >= 11 is 0. The molecule has 0 saturated carbocycles. The fraction of sp³-hybridized carbons (Fsp3) is 0.500. The zero-order valence-electron chi connectivity index (χ0n) is 11.6. The minimum atomic E-state index is -3.82. The van der Waals surface area contributed by atoms with E-state index < -0.39 is 26.4 Å². The molecule has 20 heavy (non-hydrogen) atoms. The van der Waals surface area contributed by atoms with E-state index in [4.69, 9.17) is 0 Å². The molecule has 0 fully saturated rings. The normalized spacial score (nSPS) is 12.3. The summed E-state index contributed by atoms with van der Waals surface area (Å²) in [6.07, 6.45) is 0.631. The molecular formula is C12H18N2O5S. The van der Waals surface area contributed by atoms with E-state index in [1.807, 2.05) is 20.8 Å². The highest BCUT2D eigenvalue weighted by Gasteiger charge is 2.21. The first kappa shape index (κ1) is 16.4. The molecule has 7 nitrogen and oxygen atoms in total. The van der Waals surface area contributed by atoms with Crippen molar-refractivity contribution in [2.24, 2.45) is 5.41 Å². The molecule has 0 atom stereocenters. The Labute approximate surface area is 117 Å². The number of phenolic OH excluding ortho intramolecular Hbond substituents is 1. The maximum Gasteiger partial charge on any atom is 0.312 e. The number of sulfonamides is 1. The van der Waals surface area contributed by atoms with Crippen LogP contribution in [0.5, 0.6) is 5.75 Å². The summed E-state index contributed by atoms with van der Waals surface area (Å²) in [6.45, 7) is 6.17. The van der Waals surface area contributed by atoms with Crippen LogP contribution in [0.1, 0.15) is 27.2 Å². The standard InChI is InChI=1S/C12H18N2O5S/c1-12(2,3)6-7-13-20(18,19)9-4-5-11(15)10(8-9)14(16)17/h4-5,8,13,15H,6-7H2,1-3H3. The molecular weight excluding hydrogens is 284 g/mol. The van der Waals surface area contributed by atoms with E-state index >= 15 is 0 Å². The number of aromatic hydroxyl groups is 1. The number of hydrogen-bond acceptors (Lipinski definition) is 5. The van der Waals surface area contributed by atoms with E-state index in [1.165, 1.54) is 0 Å². The molecule has 2 N–H and O–H groups in total. The summed E-state index contributed by atoms with van der Waals surface area (Å²) in [5.41, 5.74) is -0.660. The Balaban J connectivity index is 2.93. The van der Waals surface area contributed by atoms with Gasteiger partial charge in [0.2, 0.25) is 10.0 Å². The summed E-state index contributed by atoms with van der Waals surface area (Å²) in [7, 11) is -3.82. The molecule has 0 amide bonds. The lowest BCUT2D eigenvalue weighted by Crippen LogP contribution is -2.27. The number of rotatable bonds is 5. The second-order valence-electron chi connectivity index (χ2n) is 5.62. The van der Waals surface area contributed by atoms with E-state index in [0.717, 1.165) is 18.2 Å². The molecule has 0 aromatic heterocycles. The molecule has 1 aromatic rings. The van der Waals surface area contributed by atoms with Crippen LogP contribution < -0.4 is 4.72 Å². The van der Waals surface area contributed by atoms with E-state index in [2.05, 4.69) is 4.72 Å². The Bertz CT molecular complexity index is 605. The summed E-state index contributed by atoms with van der Waals surface area (Å²) in [5.74, 6) is -0.566. The quantitative estimate of drug-likeness (QED) is 0.638. The van der Waals surface area contributed by atoms with Crippen molar-refractivity contribution < 1.29 is 18.4 Å². The molecule has 0 aliphatic rings. The Hall–Kier alpha value is -1.67. The number of phenols is 1. The van der Waals surface area contributed by atoms with Gasteiger partial charge in [-0.25, -0.2) is 13.1 Å². The minimum Gasteiger partial charge on any atom is -0.502 e. The summed E-state index contributed by atoms with van der Waals surface area (Å²) in [6, 6.07) is 2.97. The topological polar surface area (TPSA) is 110 Å². The van der Waals surface area contributed by atoms with Crippen molar-refractivity contribution in [2.45, 2.75) is 32.1 Å².